The molecule has 0 saturated heterocycles. The van der Waals surface area contributed by atoms with E-state index in [0.29, 0.717) is 6.54 Å². The standard InChI is InChI=1S/C17H23F2NO2/c1-17(2,12-22-11-15(18)19)16(21)20(14-8-9-14)10-13-6-4-3-5-7-13/h3-7,14-15H,8-12H2,1-2H3. The van der Waals surface area contributed by atoms with Gasteiger partial charge < -0.3 is 9.64 Å². The van der Waals surface area contributed by atoms with Crippen molar-refractivity contribution in [2.75, 3.05) is 13.2 Å². The summed E-state index contributed by atoms with van der Waals surface area (Å²) in [5.41, 5.74) is 0.277. The summed E-state index contributed by atoms with van der Waals surface area (Å²) >= 11 is 0. The number of benzene rings is 1. The SMILES string of the molecule is CC(C)(COCC(F)F)C(=O)N(Cc1ccccc1)C1CC1. The van der Waals surface area contributed by atoms with Crippen molar-refractivity contribution in [1.29, 1.82) is 0 Å². The molecule has 0 atom stereocenters. The van der Waals surface area contributed by atoms with Gasteiger partial charge in [0.05, 0.1) is 12.0 Å². The molecule has 1 aromatic rings. The molecule has 0 N–H and O–H groups in total. The number of alkyl halides is 2. The maximum atomic E-state index is 12.8. The van der Waals surface area contributed by atoms with Gasteiger partial charge in [-0.15, -0.1) is 0 Å². The minimum Gasteiger partial charge on any atom is -0.374 e. The van der Waals surface area contributed by atoms with Crippen LogP contribution in [-0.2, 0) is 16.1 Å². The van der Waals surface area contributed by atoms with Crippen molar-refractivity contribution >= 4 is 5.91 Å². The van der Waals surface area contributed by atoms with Crippen LogP contribution in [0, 0.1) is 5.41 Å². The number of nitrogens with zero attached hydrogens (tertiary/aromatic N) is 1. The highest BCUT2D eigenvalue weighted by Gasteiger charge is 2.39. The van der Waals surface area contributed by atoms with E-state index in [1.807, 2.05) is 35.2 Å². The van der Waals surface area contributed by atoms with Crippen molar-refractivity contribution in [3.05, 3.63) is 35.9 Å². The number of carbonyl (C=O) groups excluding carboxylic acids is 1. The molecule has 0 aliphatic heterocycles. The Labute approximate surface area is 130 Å². The molecular weight excluding hydrogens is 288 g/mol. The molecule has 122 valence electrons. The van der Waals surface area contributed by atoms with Crippen molar-refractivity contribution in [3.63, 3.8) is 0 Å². The molecule has 1 fully saturated rings. The highest BCUT2D eigenvalue weighted by Crippen LogP contribution is 2.32. The van der Waals surface area contributed by atoms with Crippen molar-refractivity contribution in [2.24, 2.45) is 5.41 Å². The van der Waals surface area contributed by atoms with E-state index in [0.717, 1.165) is 18.4 Å². The van der Waals surface area contributed by atoms with Crippen LogP contribution in [-0.4, -0.2) is 36.5 Å². The quantitative estimate of drug-likeness (QED) is 0.735. The summed E-state index contributed by atoms with van der Waals surface area (Å²) in [6.45, 7) is 3.44. The third-order valence-electron chi connectivity index (χ3n) is 3.73. The summed E-state index contributed by atoms with van der Waals surface area (Å²) in [5.74, 6) is -0.0341. The minimum atomic E-state index is -2.50. The Kier molecular flexibility index (Phi) is 5.51. The number of carbonyl (C=O) groups is 1. The van der Waals surface area contributed by atoms with E-state index in [1.54, 1.807) is 13.8 Å². The summed E-state index contributed by atoms with van der Waals surface area (Å²) in [6.07, 6.45) is -0.492. The Hall–Kier alpha value is -1.49. The van der Waals surface area contributed by atoms with Crippen LogP contribution in [0.25, 0.3) is 0 Å². The van der Waals surface area contributed by atoms with Gasteiger partial charge in [0.1, 0.15) is 6.61 Å². The Bertz CT molecular complexity index is 487. The second-order valence-electron chi connectivity index (χ2n) is 6.44. The molecule has 2 rings (SSSR count). The highest BCUT2D eigenvalue weighted by atomic mass is 19.3. The van der Waals surface area contributed by atoms with Gasteiger partial charge in [-0.05, 0) is 32.3 Å². The van der Waals surface area contributed by atoms with Crippen molar-refractivity contribution < 1.29 is 18.3 Å². The molecule has 1 saturated carbocycles. The van der Waals surface area contributed by atoms with E-state index in [-0.39, 0.29) is 18.6 Å². The summed E-state index contributed by atoms with van der Waals surface area (Å²) < 4.78 is 29.3. The molecule has 0 heterocycles. The van der Waals surface area contributed by atoms with Gasteiger partial charge in [0.15, 0.2) is 0 Å². The second-order valence-corrected chi connectivity index (χ2v) is 6.44. The van der Waals surface area contributed by atoms with Gasteiger partial charge in [0.2, 0.25) is 5.91 Å². The molecule has 3 nitrogen and oxygen atoms in total. The van der Waals surface area contributed by atoms with Gasteiger partial charge in [0, 0.05) is 12.6 Å². The lowest BCUT2D eigenvalue weighted by Crippen LogP contribution is -2.44. The largest absolute Gasteiger partial charge is 0.374 e. The second kappa shape index (κ2) is 7.18. The zero-order valence-corrected chi connectivity index (χ0v) is 13.1. The van der Waals surface area contributed by atoms with Gasteiger partial charge in [0.25, 0.3) is 6.43 Å². The molecule has 22 heavy (non-hydrogen) atoms. The molecule has 0 spiro atoms. The van der Waals surface area contributed by atoms with Crippen LogP contribution >= 0.6 is 0 Å². The molecule has 0 unspecified atom stereocenters. The van der Waals surface area contributed by atoms with Crippen LogP contribution in [0.5, 0.6) is 0 Å². The summed E-state index contributed by atoms with van der Waals surface area (Å²) in [5, 5.41) is 0. The smallest absolute Gasteiger partial charge is 0.261 e. The molecule has 1 amide bonds. The number of halogens is 2. The lowest BCUT2D eigenvalue weighted by molar-refractivity contribution is -0.146. The fourth-order valence-corrected chi connectivity index (χ4v) is 2.39. The number of rotatable bonds is 8. The molecular formula is C17H23F2NO2. The zero-order valence-electron chi connectivity index (χ0n) is 13.1. The molecule has 0 radical (unpaired) electrons. The average Bonchev–Trinajstić information content (AvgIpc) is 3.29. The zero-order chi connectivity index (χ0) is 16.2. The van der Waals surface area contributed by atoms with Crippen molar-refractivity contribution in [1.82, 2.24) is 4.90 Å². The summed E-state index contributed by atoms with van der Waals surface area (Å²) in [4.78, 5) is 14.6. The summed E-state index contributed by atoms with van der Waals surface area (Å²) in [6, 6.07) is 10.1. The predicted molar refractivity (Wildman–Crippen MR) is 80.6 cm³/mol. The molecule has 1 aliphatic rings. The normalized spacial score (nSPS) is 15.1. The average molecular weight is 311 g/mol. The van der Waals surface area contributed by atoms with E-state index in [2.05, 4.69) is 0 Å². The van der Waals surface area contributed by atoms with Gasteiger partial charge in [-0.2, -0.15) is 0 Å². The van der Waals surface area contributed by atoms with E-state index in [4.69, 9.17) is 4.74 Å². The van der Waals surface area contributed by atoms with Gasteiger partial charge in [-0.1, -0.05) is 30.3 Å². The third-order valence-corrected chi connectivity index (χ3v) is 3.73. The van der Waals surface area contributed by atoms with Crippen LogP contribution in [0.2, 0.25) is 0 Å². The van der Waals surface area contributed by atoms with Crippen LogP contribution in [0.1, 0.15) is 32.3 Å². The summed E-state index contributed by atoms with van der Waals surface area (Å²) in [7, 11) is 0. The van der Waals surface area contributed by atoms with Crippen LogP contribution in [0.15, 0.2) is 30.3 Å². The van der Waals surface area contributed by atoms with Crippen LogP contribution < -0.4 is 0 Å². The van der Waals surface area contributed by atoms with E-state index < -0.39 is 18.4 Å². The van der Waals surface area contributed by atoms with E-state index in [1.165, 1.54) is 0 Å². The Balaban J connectivity index is 1.99. The Morgan fingerprint density at radius 3 is 2.50 bits per heavy atom. The van der Waals surface area contributed by atoms with Crippen LogP contribution in [0.3, 0.4) is 0 Å². The third kappa shape index (κ3) is 4.77. The molecule has 1 aliphatic carbocycles. The number of hydrogen-bond acceptors (Lipinski definition) is 2. The Morgan fingerprint density at radius 2 is 1.95 bits per heavy atom. The van der Waals surface area contributed by atoms with Crippen molar-refractivity contribution in [3.8, 4) is 0 Å². The molecule has 0 bridgehead atoms. The van der Waals surface area contributed by atoms with Gasteiger partial charge in [-0.3, -0.25) is 4.79 Å². The monoisotopic (exact) mass is 311 g/mol. The molecule has 1 aromatic carbocycles. The first-order chi connectivity index (χ1) is 10.4. The van der Waals surface area contributed by atoms with E-state index >= 15 is 0 Å². The molecule has 5 heteroatoms. The predicted octanol–water partition coefficient (Wildman–Crippen LogP) is 3.49. The lowest BCUT2D eigenvalue weighted by atomic mass is 9.92. The first kappa shape index (κ1) is 16.9. The first-order valence-electron chi connectivity index (χ1n) is 7.61. The number of amides is 1. The van der Waals surface area contributed by atoms with Gasteiger partial charge in [-0.25, -0.2) is 8.78 Å². The number of ether oxygens (including phenoxy) is 1. The number of hydrogen-bond donors (Lipinski definition) is 0. The fourth-order valence-electron chi connectivity index (χ4n) is 2.39. The Morgan fingerprint density at radius 1 is 1.32 bits per heavy atom. The fraction of sp³-hybridized carbons (Fsp3) is 0.588. The maximum absolute atomic E-state index is 12.8. The lowest BCUT2D eigenvalue weighted by Gasteiger charge is -2.32. The molecule has 0 aromatic heterocycles. The first-order valence-corrected chi connectivity index (χ1v) is 7.61. The van der Waals surface area contributed by atoms with Crippen molar-refractivity contribution in [2.45, 2.75) is 45.7 Å². The van der Waals surface area contributed by atoms with E-state index in [9.17, 15) is 13.6 Å². The topological polar surface area (TPSA) is 29.5 Å². The highest BCUT2D eigenvalue weighted by molar-refractivity contribution is 5.82. The minimum absolute atomic E-state index is 0.00812. The maximum Gasteiger partial charge on any atom is 0.261 e. The van der Waals surface area contributed by atoms with Gasteiger partial charge >= 0.3 is 0 Å². The van der Waals surface area contributed by atoms with Crippen LogP contribution in [0.4, 0.5) is 8.78 Å².